The molecule has 9 heteroatoms. The van der Waals surface area contributed by atoms with Gasteiger partial charge in [0.05, 0.1) is 22.7 Å². The summed E-state index contributed by atoms with van der Waals surface area (Å²) in [6.07, 6.45) is 3.51. The van der Waals surface area contributed by atoms with E-state index in [9.17, 15) is 14.3 Å². The normalized spacial score (nSPS) is 10.9. The monoisotopic (exact) mass is 438 g/mol. The third-order valence-electron chi connectivity index (χ3n) is 4.61. The van der Waals surface area contributed by atoms with Gasteiger partial charge in [-0.3, -0.25) is 4.98 Å². The second kappa shape index (κ2) is 9.05. The van der Waals surface area contributed by atoms with Crippen LogP contribution < -0.4 is 10.1 Å². The number of nitrogens with one attached hydrogen (secondary N) is 1. The topological polar surface area (TPSA) is 97.2 Å². The summed E-state index contributed by atoms with van der Waals surface area (Å²) in [5, 5.41) is 13.0. The van der Waals surface area contributed by atoms with Gasteiger partial charge in [0.1, 0.15) is 23.7 Å². The van der Waals surface area contributed by atoms with Crippen molar-refractivity contribution >= 4 is 34.0 Å². The molecule has 0 amide bonds. The Hall–Kier alpha value is -3.59. The van der Waals surface area contributed by atoms with Gasteiger partial charge >= 0.3 is 5.97 Å². The summed E-state index contributed by atoms with van der Waals surface area (Å²) in [4.78, 5) is 24.8. The predicted octanol–water partition coefficient (Wildman–Crippen LogP) is 4.64. The fraction of sp³-hybridized carbons (Fsp3) is 0.182. The molecule has 4 rings (SSSR count). The molecule has 4 aromatic rings. The van der Waals surface area contributed by atoms with Crippen LogP contribution in [0.2, 0.25) is 0 Å². The second-order valence-corrected chi connectivity index (χ2v) is 7.67. The van der Waals surface area contributed by atoms with Gasteiger partial charge in [0.25, 0.3) is 0 Å². The number of thiophene rings is 1. The molecular weight excluding hydrogens is 419 g/mol. The standard InChI is InChI=1S/C22H19FN4O3S/c1-2-30-17-11-18(31-21(17)22(28)29)16-10-19(27-12-26-16)25-9-7-13-5-6-15-14(20(13)23)4-3-8-24-15/h3-6,8,10-12H,2,7,9H2,1H3,(H,28,29)(H,25,26,27). The molecule has 0 fully saturated rings. The molecule has 3 aromatic heterocycles. The van der Waals surface area contributed by atoms with Crippen molar-refractivity contribution in [3.63, 3.8) is 0 Å². The lowest BCUT2D eigenvalue weighted by atomic mass is 10.1. The molecule has 31 heavy (non-hydrogen) atoms. The van der Waals surface area contributed by atoms with E-state index in [1.807, 2.05) is 6.07 Å². The highest BCUT2D eigenvalue weighted by Crippen LogP contribution is 2.36. The lowest BCUT2D eigenvalue weighted by Crippen LogP contribution is -2.08. The minimum Gasteiger partial charge on any atom is -0.492 e. The number of pyridine rings is 1. The Morgan fingerprint density at radius 2 is 2.10 bits per heavy atom. The van der Waals surface area contributed by atoms with Gasteiger partial charge < -0.3 is 15.2 Å². The Bertz CT molecular complexity index is 1240. The second-order valence-electron chi connectivity index (χ2n) is 6.62. The zero-order valence-corrected chi connectivity index (χ0v) is 17.4. The number of aromatic nitrogens is 3. The highest BCUT2D eigenvalue weighted by atomic mass is 32.1. The number of hydrogen-bond donors (Lipinski definition) is 2. The quantitative estimate of drug-likeness (QED) is 0.413. The molecular formula is C22H19FN4O3S. The van der Waals surface area contributed by atoms with Gasteiger partial charge in [0.2, 0.25) is 0 Å². The van der Waals surface area contributed by atoms with Gasteiger partial charge in [-0.15, -0.1) is 11.3 Å². The van der Waals surface area contributed by atoms with Gasteiger partial charge in [-0.25, -0.2) is 19.2 Å². The number of halogens is 1. The van der Waals surface area contributed by atoms with E-state index >= 15 is 0 Å². The number of carboxylic acid groups (broad SMARTS) is 1. The average molecular weight is 438 g/mol. The summed E-state index contributed by atoms with van der Waals surface area (Å²) in [5.74, 6) is -0.417. The van der Waals surface area contributed by atoms with Gasteiger partial charge in [-0.1, -0.05) is 6.07 Å². The number of benzene rings is 1. The van der Waals surface area contributed by atoms with Crippen LogP contribution in [-0.4, -0.2) is 39.2 Å². The van der Waals surface area contributed by atoms with E-state index in [1.165, 1.54) is 6.33 Å². The molecule has 0 aliphatic rings. The van der Waals surface area contributed by atoms with Crippen molar-refractivity contribution < 1.29 is 19.0 Å². The van der Waals surface area contributed by atoms with Crippen molar-refractivity contribution in [1.29, 1.82) is 0 Å². The maximum atomic E-state index is 14.7. The lowest BCUT2D eigenvalue weighted by Gasteiger charge is -2.08. The van der Waals surface area contributed by atoms with Crippen LogP contribution in [0, 0.1) is 5.82 Å². The molecule has 1 aromatic carbocycles. The number of ether oxygens (including phenoxy) is 1. The van der Waals surface area contributed by atoms with E-state index in [1.54, 1.807) is 43.5 Å². The van der Waals surface area contributed by atoms with Gasteiger partial charge in [-0.2, -0.15) is 0 Å². The number of aromatic carboxylic acids is 1. The molecule has 0 spiro atoms. The van der Waals surface area contributed by atoms with E-state index in [0.717, 1.165) is 11.3 Å². The van der Waals surface area contributed by atoms with E-state index in [4.69, 9.17) is 4.74 Å². The van der Waals surface area contributed by atoms with Crippen molar-refractivity contribution in [2.45, 2.75) is 13.3 Å². The Morgan fingerprint density at radius 1 is 1.23 bits per heavy atom. The summed E-state index contributed by atoms with van der Waals surface area (Å²) >= 11 is 1.10. The fourth-order valence-corrected chi connectivity index (χ4v) is 4.09. The molecule has 0 aliphatic carbocycles. The summed E-state index contributed by atoms with van der Waals surface area (Å²) in [6.45, 7) is 2.63. The van der Waals surface area contributed by atoms with Crippen LogP contribution in [0.3, 0.4) is 0 Å². The number of hydrogen-bond acceptors (Lipinski definition) is 7. The molecule has 0 saturated heterocycles. The van der Waals surface area contributed by atoms with E-state index < -0.39 is 5.97 Å². The third kappa shape index (κ3) is 4.46. The van der Waals surface area contributed by atoms with Crippen LogP contribution in [0.15, 0.2) is 48.9 Å². The number of fused-ring (bicyclic) bond motifs is 1. The fourth-order valence-electron chi connectivity index (χ4n) is 3.18. The molecule has 7 nitrogen and oxygen atoms in total. The maximum absolute atomic E-state index is 14.7. The number of rotatable bonds is 8. The van der Waals surface area contributed by atoms with Crippen LogP contribution in [-0.2, 0) is 6.42 Å². The van der Waals surface area contributed by atoms with Crippen molar-refractivity contribution in [3.8, 4) is 16.3 Å². The molecule has 0 unspecified atom stereocenters. The molecule has 0 saturated carbocycles. The van der Waals surface area contributed by atoms with E-state index in [-0.39, 0.29) is 10.7 Å². The Kier molecular flexibility index (Phi) is 6.03. The molecule has 158 valence electrons. The first-order valence-corrected chi connectivity index (χ1v) is 10.5. The van der Waals surface area contributed by atoms with Crippen molar-refractivity contribution in [3.05, 3.63) is 65.2 Å². The Balaban J connectivity index is 1.48. The van der Waals surface area contributed by atoms with Crippen LogP contribution in [0.25, 0.3) is 21.5 Å². The molecule has 0 atom stereocenters. The molecule has 0 radical (unpaired) electrons. The number of anilines is 1. The Morgan fingerprint density at radius 3 is 2.90 bits per heavy atom. The van der Waals surface area contributed by atoms with Gasteiger partial charge in [-0.05, 0) is 37.1 Å². The first-order valence-electron chi connectivity index (χ1n) is 9.65. The Labute approximate surface area is 181 Å². The SMILES string of the molecule is CCOc1cc(-c2cc(NCCc3ccc4ncccc4c3F)ncn2)sc1C(=O)O. The van der Waals surface area contributed by atoms with Crippen LogP contribution >= 0.6 is 11.3 Å². The molecule has 2 N–H and O–H groups in total. The van der Waals surface area contributed by atoms with Crippen LogP contribution in [0.4, 0.5) is 10.2 Å². The zero-order valence-electron chi connectivity index (χ0n) is 16.6. The average Bonchev–Trinajstić information content (AvgIpc) is 3.20. The summed E-state index contributed by atoms with van der Waals surface area (Å²) in [6, 6.07) is 10.4. The summed E-state index contributed by atoms with van der Waals surface area (Å²) in [5.41, 5.74) is 1.80. The maximum Gasteiger partial charge on any atom is 0.349 e. The first-order chi connectivity index (χ1) is 15.1. The van der Waals surface area contributed by atoms with Gasteiger partial charge in [0.15, 0.2) is 4.88 Å². The lowest BCUT2D eigenvalue weighted by molar-refractivity contribution is 0.0698. The largest absolute Gasteiger partial charge is 0.492 e. The zero-order chi connectivity index (χ0) is 21.8. The number of carbonyl (C=O) groups is 1. The van der Waals surface area contributed by atoms with Crippen LogP contribution in [0.5, 0.6) is 5.75 Å². The van der Waals surface area contributed by atoms with E-state index in [2.05, 4.69) is 20.3 Å². The predicted molar refractivity (Wildman–Crippen MR) is 117 cm³/mol. The van der Waals surface area contributed by atoms with Crippen molar-refractivity contribution in [2.75, 3.05) is 18.5 Å². The van der Waals surface area contributed by atoms with Gasteiger partial charge in [0, 0.05) is 30.3 Å². The smallest absolute Gasteiger partial charge is 0.349 e. The summed E-state index contributed by atoms with van der Waals surface area (Å²) < 4.78 is 20.1. The molecule has 0 aliphatic heterocycles. The summed E-state index contributed by atoms with van der Waals surface area (Å²) in [7, 11) is 0. The van der Waals surface area contributed by atoms with Crippen molar-refractivity contribution in [1.82, 2.24) is 15.0 Å². The highest BCUT2D eigenvalue weighted by Gasteiger charge is 2.18. The minimum absolute atomic E-state index is 0.131. The highest BCUT2D eigenvalue weighted by molar-refractivity contribution is 7.17. The first kappa shape index (κ1) is 20.7. The molecule has 0 bridgehead atoms. The third-order valence-corrected chi connectivity index (χ3v) is 5.74. The number of carboxylic acids is 1. The van der Waals surface area contributed by atoms with Crippen LogP contribution in [0.1, 0.15) is 22.2 Å². The molecule has 3 heterocycles. The van der Waals surface area contributed by atoms with E-state index in [0.29, 0.717) is 58.2 Å². The van der Waals surface area contributed by atoms with Crippen molar-refractivity contribution in [2.24, 2.45) is 0 Å². The minimum atomic E-state index is -1.04. The number of nitrogens with zero attached hydrogens (tertiary/aromatic N) is 3.